The Bertz CT molecular complexity index is 1400. The number of nitrogens with zero attached hydrogens (tertiary/aromatic N) is 5. The van der Waals surface area contributed by atoms with Crippen molar-refractivity contribution in [2.75, 3.05) is 5.32 Å². The highest BCUT2D eigenvalue weighted by Crippen LogP contribution is 2.28. The van der Waals surface area contributed by atoms with E-state index in [0.717, 1.165) is 39.2 Å². The van der Waals surface area contributed by atoms with Crippen LogP contribution in [0.3, 0.4) is 0 Å². The van der Waals surface area contributed by atoms with E-state index in [1.54, 1.807) is 16.8 Å². The minimum atomic E-state index is -0.0859. The molecule has 34 heavy (non-hydrogen) atoms. The van der Waals surface area contributed by atoms with Crippen LogP contribution in [0.5, 0.6) is 0 Å². The van der Waals surface area contributed by atoms with Gasteiger partial charge in [-0.15, -0.1) is 0 Å². The molecular formula is C26H25ClN6O. The van der Waals surface area contributed by atoms with Crippen molar-refractivity contribution in [3.8, 4) is 22.4 Å². The van der Waals surface area contributed by atoms with Crippen molar-refractivity contribution in [3.63, 3.8) is 0 Å². The summed E-state index contributed by atoms with van der Waals surface area (Å²) in [6.45, 7) is 4.00. The van der Waals surface area contributed by atoms with Crippen molar-refractivity contribution >= 4 is 28.7 Å². The Labute approximate surface area is 203 Å². The molecule has 7 nitrogen and oxygen atoms in total. The summed E-state index contributed by atoms with van der Waals surface area (Å²) in [5.74, 6) is -0.0859. The van der Waals surface area contributed by atoms with Crippen LogP contribution in [0.2, 0.25) is 5.02 Å². The molecular weight excluding hydrogens is 448 g/mol. The van der Waals surface area contributed by atoms with Crippen LogP contribution < -0.4 is 5.32 Å². The maximum atomic E-state index is 12.4. The third kappa shape index (κ3) is 5.15. The van der Waals surface area contributed by atoms with Crippen molar-refractivity contribution in [1.29, 1.82) is 0 Å². The third-order valence-electron chi connectivity index (χ3n) is 5.16. The number of aromatic nitrogens is 5. The van der Waals surface area contributed by atoms with Crippen molar-refractivity contribution in [2.24, 2.45) is 7.05 Å². The highest BCUT2D eigenvalue weighted by atomic mass is 35.5. The number of fused-ring (bicyclic) bond motifs is 1. The molecule has 0 atom stereocenters. The molecule has 0 aliphatic heterocycles. The van der Waals surface area contributed by atoms with Gasteiger partial charge in [0.2, 0.25) is 5.91 Å². The molecule has 3 heterocycles. The zero-order valence-corrected chi connectivity index (χ0v) is 20.0. The first-order chi connectivity index (χ1) is 16.5. The molecule has 0 radical (unpaired) electrons. The Morgan fingerprint density at radius 1 is 0.941 bits per heavy atom. The molecule has 0 unspecified atom stereocenters. The lowest BCUT2D eigenvalue weighted by Gasteiger charge is -2.07. The van der Waals surface area contributed by atoms with E-state index in [1.165, 1.54) is 6.33 Å². The van der Waals surface area contributed by atoms with Crippen molar-refractivity contribution in [1.82, 2.24) is 24.4 Å². The number of anilines is 1. The molecule has 2 aromatic carbocycles. The van der Waals surface area contributed by atoms with E-state index in [2.05, 4.69) is 20.5 Å². The smallest absolute Gasteiger partial charge is 0.228 e. The summed E-state index contributed by atoms with van der Waals surface area (Å²) >= 11 is 5.90. The molecule has 0 saturated heterocycles. The lowest BCUT2D eigenvalue weighted by Crippen LogP contribution is -2.14. The number of rotatable bonds is 5. The van der Waals surface area contributed by atoms with Crippen LogP contribution in [0.15, 0.2) is 79.5 Å². The SMILES string of the molecule is CC.Cn1cc(-c2cc3c(-c4ccc(NC(=O)Cc5ccc(Cl)cc5)cc4)ncnn3c2)cn1. The molecule has 0 aliphatic carbocycles. The summed E-state index contributed by atoms with van der Waals surface area (Å²) in [6, 6.07) is 16.9. The van der Waals surface area contributed by atoms with Gasteiger partial charge in [0, 0.05) is 46.8 Å². The molecule has 1 N–H and O–H groups in total. The van der Waals surface area contributed by atoms with Crippen molar-refractivity contribution < 1.29 is 4.79 Å². The molecule has 3 aromatic heterocycles. The summed E-state index contributed by atoms with van der Waals surface area (Å²) < 4.78 is 3.58. The van der Waals surface area contributed by atoms with Crippen LogP contribution in [-0.2, 0) is 18.3 Å². The predicted molar refractivity (Wildman–Crippen MR) is 136 cm³/mol. The summed E-state index contributed by atoms with van der Waals surface area (Å²) in [5, 5.41) is 12.2. The normalized spacial score (nSPS) is 10.6. The number of hydrogen-bond acceptors (Lipinski definition) is 4. The Hall–Kier alpha value is -3.97. The molecule has 0 aliphatic rings. The summed E-state index contributed by atoms with van der Waals surface area (Å²) in [6.07, 6.45) is 7.57. The first kappa shape index (κ1) is 23.2. The van der Waals surface area contributed by atoms with E-state index in [0.29, 0.717) is 5.02 Å². The van der Waals surface area contributed by atoms with Gasteiger partial charge in [-0.3, -0.25) is 9.48 Å². The standard InChI is InChI=1S/C24H19ClN6O.C2H6/c1-30-13-19(12-27-30)18-11-22-24(26-15-28-31(22)14-18)17-4-8-21(9-5-17)29-23(32)10-16-2-6-20(25)7-3-16;1-2/h2-9,11-15H,10H2,1H3,(H,29,32);1-2H3. The van der Waals surface area contributed by atoms with E-state index in [1.807, 2.05) is 86.5 Å². The molecule has 5 rings (SSSR count). The maximum Gasteiger partial charge on any atom is 0.228 e. The second-order valence-corrected chi connectivity index (χ2v) is 7.94. The predicted octanol–water partition coefficient (Wildman–Crippen LogP) is 5.66. The van der Waals surface area contributed by atoms with Crippen LogP contribution in [0, 0.1) is 0 Å². The van der Waals surface area contributed by atoms with Gasteiger partial charge in [0.1, 0.15) is 6.33 Å². The van der Waals surface area contributed by atoms with Crippen LogP contribution in [0.4, 0.5) is 5.69 Å². The topological polar surface area (TPSA) is 77.1 Å². The van der Waals surface area contributed by atoms with Gasteiger partial charge in [-0.05, 0) is 35.9 Å². The number of carbonyl (C=O) groups excluding carboxylic acids is 1. The summed E-state index contributed by atoms with van der Waals surface area (Å²) in [5.41, 5.74) is 6.31. The van der Waals surface area contributed by atoms with Gasteiger partial charge in [-0.2, -0.15) is 10.2 Å². The van der Waals surface area contributed by atoms with Crippen molar-refractivity contribution in [3.05, 3.63) is 90.1 Å². The highest BCUT2D eigenvalue weighted by molar-refractivity contribution is 6.30. The Morgan fingerprint density at radius 2 is 1.68 bits per heavy atom. The van der Waals surface area contributed by atoms with Crippen LogP contribution >= 0.6 is 11.6 Å². The fourth-order valence-corrected chi connectivity index (χ4v) is 3.71. The lowest BCUT2D eigenvalue weighted by molar-refractivity contribution is -0.115. The average molecular weight is 473 g/mol. The molecule has 0 saturated carbocycles. The first-order valence-electron chi connectivity index (χ1n) is 11.0. The largest absolute Gasteiger partial charge is 0.326 e. The van der Waals surface area contributed by atoms with E-state index < -0.39 is 0 Å². The monoisotopic (exact) mass is 472 g/mol. The Balaban J connectivity index is 0.00000133. The van der Waals surface area contributed by atoms with Gasteiger partial charge in [-0.1, -0.05) is 49.7 Å². The molecule has 1 amide bonds. The van der Waals surface area contributed by atoms with E-state index in [4.69, 9.17) is 11.6 Å². The number of carbonyl (C=O) groups is 1. The summed E-state index contributed by atoms with van der Waals surface area (Å²) in [4.78, 5) is 16.9. The molecule has 0 spiro atoms. The fraction of sp³-hybridized carbons (Fsp3) is 0.154. The zero-order chi connectivity index (χ0) is 24.1. The van der Waals surface area contributed by atoms with Gasteiger partial charge in [-0.25, -0.2) is 9.50 Å². The van der Waals surface area contributed by atoms with Crippen molar-refractivity contribution in [2.45, 2.75) is 20.3 Å². The number of aryl methyl sites for hydroxylation is 1. The van der Waals surface area contributed by atoms with Gasteiger partial charge in [0.25, 0.3) is 0 Å². The number of amides is 1. The maximum absolute atomic E-state index is 12.4. The quantitative estimate of drug-likeness (QED) is 0.358. The van der Waals surface area contributed by atoms with Gasteiger partial charge in [0.15, 0.2) is 0 Å². The second kappa shape index (κ2) is 10.3. The number of hydrogen-bond donors (Lipinski definition) is 1. The van der Waals surface area contributed by atoms with Crippen LogP contribution in [0.1, 0.15) is 19.4 Å². The highest BCUT2D eigenvalue weighted by Gasteiger charge is 2.12. The average Bonchev–Trinajstić information content (AvgIpc) is 3.48. The van der Waals surface area contributed by atoms with Gasteiger partial charge >= 0.3 is 0 Å². The number of nitrogens with one attached hydrogen (secondary N) is 1. The Morgan fingerprint density at radius 3 is 2.35 bits per heavy atom. The van der Waals surface area contributed by atoms with E-state index in [9.17, 15) is 4.79 Å². The van der Waals surface area contributed by atoms with E-state index in [-0.39, 0.29) is 12.3 Å². The Kier molecular flexibility index (Phi) is 7.04. The molecule has 0 bridgehead atoms. The number of benzene rings is 2. The molecule has 172 valence electrons. The lowest BCUT2D eigenvalue weighted by atomic mass is 10.1. The second-order valence-electron chi connectivity index (χ2n) is 7.50. The van der Waals surface area contributed by atoms with Gasteiger partial charge in [0.05, 0.1) is 23.8 Å². The molecule has 0 fully saturated rings. The zero-order valence-electron chi connectivity index (χ0n) is 19.2. The minimum Gasteiger partial charge on any atom is -0.326 e. The first-order valence-corrected chi connectivity index (χ1v) is 11.4. The fourth-order valence-electron chi connectivity index (χ4n) is 3.58. The van der Waals surface area contributed by atoms with Crippen LogP contribution in [-0.4, -0.2) is 30.3 Å². The molecule has 5 aromatic rings. The molecule has 8 heteroatoms. The van der Waals surface area contributed by atoms with E-state index >= 15 is 0 Å². The third-order valence-corrected chi connectivity index (χ3v) is 5.42. The van der Waals surface area contributed by atoms with Gasteiger partial charge < -0.3 is 5.32 Å². The summed E-state index contributed by atoms with van der Waals surface area (Å²) in [7, 11) is 1.89. The minimum absolute atomic E-state index is 0.0859. The van der Waals surface area contributed by atoms with Crippen LogP contribution in [0.25, 0.3) is 27.9 Å². The number of halogens is 1.